The van der Waals surface area contributed by atoms with E-state index in [1.54, 1.807) is 30.3 Å². The number of amides is 6. The standard InChI is InChI=1S/C37H40N8O9S/c1-55(52,53)25-7-4-21(5-8-25)15-28-32(33(38)47)39-17-30(41-28)44-13-2-3-23(19-44)40-37(51)54-20-22-12-14-43(18-22)24-6-9-26-27(16-24)36(50)45(35(26)49)29-10-11-31(46)42-34(29)48/h4-9,16-17,22-23,29H,2-3,10-15,18-20H2,1H3,(H2,38,47)(H,40,51)(H,42,46,48)/t22-,23-,29?/m1/s1. The number of carbonyl (C=O) groups is 6. The van der Waals surface area contributed by atoms with Crippen molar-refractivity contribution >= 4 is 57.0 Å². The maximum Gasteiger partial charge on any atom is 0.407 e. The van der Waals surface area contributed by atoms with E-state index in [1.165, 1.54) is 18.3 Å². The van der Waals surface area contributed by atoms with E-state index in [-0.39, 0.29) is 59.5 Å². The van der Waals surface area contributed by atoms with Crippen molar-refractivity contribution in [2.45, 2.75) is 55.5 Å². The number of imide groups is 2. The maximum absolute atomic E-state index is 13.3. The van der Waals surface area contributed by atoms with Gasteiger partial charge in [0.2, 0.25) is 11.8 Å². The van der Waals surface area contributed by atoms with Crippen LogP contribution in [0.2, 0.25) is 0 Å². The van der Waals surface area contributed by atoms with Crippen LogP contribution in [0.1, 0.15) is 74.6 Å². The number of rotatable bonds is 10. The zero-order chi connectivity index (χ0) is 39.0. The molecular weight excluding hydrogens is 733 g/mol. The molecule has 4 N–H and O–H groups in total. The van der Waals surface area contributed by atoms with Crippen LogP contribution in [0, 0.1) is 5.92 Å². The molecule has 17 nitrogen and oxygen atoms in total. The molecular formula is C37H40N8O9S. The molecule has 1 aromatic heterocycles. The molecule has 0 radical (unpaired) electrons. The van der Waals surface area contributed by atoms with Crippen molar-refractivity contribution in [1.82, 2.24) is 25.5 Å². The van der Waals surface area contributed by atoms with E-state index in [1.807, 2.05) is 4.90 Å². The molecule has 7 rings (SSSR count). The van der Waals surface area contributed by atoms with Gasteiger partial charge in [0.05, 0.1) is 34.5 Å². The first kappa shape index (κ1) is 37.4. The monoisotopic (exact) mass is 772 g/mol. The quantitative estimate of drug-likeness (QED) is 0.246. The average molecular weight is 773 g/mol. The van der Waals surface area contributed by atoms with Crippen molar-refractivity contribution in [2.24, 2.45) is 11.7 Å². The fraction of sp³-hybridized carbons (Fsp3) is 0.405. The number of primary amides is 1. The van der Waals surface area contributed by atoms with Crippen LogP contribution in [0.3, 0.4) is 0 Å². The molecule has 0 saturated carbocycles. The normalized spacial score (nSPS) is 21.4. The van der Waals surface area contributed by atoms with E-state index in [9.17, 15) is 37.2 Å². The third kappa shape index (κ3) is 7.99. The minimum Gasteiger partial charge on any atom is -0.449 e. The number of aromatic nitrogens is 2. The first-order valence-corrected chi connectivity index (χ1v) is 19.9. The largest absolute Gasteiger partial charge is 0.449 e. The van der Waals surface area contributed by atoms with Gasteiger partial charge in [-0.05, 0) is 61.6 Å². The molecule has 4 aliphatic rings. The summed E-state index contributed by atoms with van der Waals surface area (Å²) < 4.78 is 29.4. The van der Waals surface area contributed by atoms with Crippen LogP contribution >= 0.6 is 0 Å². The Bertz CT molecular complexity index is 2200. The van der Waals surface area contributed by atoms with Crippen molar-refractivity contribution < 1.29 is 41.9 Å². The molecule has 5 heterocycles. The smallest absolute Gasteiger partial charge is 0.407 e. The first-order chi connectivity index (χ1) is 26.2. The van der Waals surface area contributed by atoms with Crippen molar-refractivity contribution in [1.29, 1.82) is 0 Å². The molecule has 6 amide bonds. The van der Waals surface area contributed by atoms with E-state index < -0.39 is 51.5 Å². The SMILES string of the molecule is CS(=O)(=O)c1ccc(Cc2nc(N3CCC[C@@H](NC(=O)OC[C@@H]4CCN(c5ccc6c(c5)C(=O)N(C5CCC(=O)NC5=O)C6=O)C4)C3)cnc2C(N)=O)cc1. The Morgan fingerprint density at radius 1 is 0.964 bits per heavy atom. The van der Waals surface area contributed by atoms with Gasteiger partial charge in [-0.25, -0.2) is 23.2 Å². The van der Waals surface area contributed by atoms with Crippen molar-refractivity contribution in [3.8, 4) is 0 Å². The number of fused-ring (bicyclic) bond motifs is 1. The van der Waals surface area contributed by atoms with Gasteiger partial charge in [-0.1, -0.05) is 12.1 Å². The van der Waals surface area contributed by atoms with Gasteiger partial charge in [0.15, 0.2) is 9.84 Å². The van der Waals surface area contributed by atoms with Gasteiger partial charge in [0.1, 0.15) is 17.6 Å². The second-order valence-corrected chi connectivity index (χ2v) is 16.3. The molecule has 0 bridgehead atoms. The van der Waals surface area contributed by atoms with Gasteiger partial charge in [-0.3, -0.25) is 34.2 Å². The lowest BCUT2D eigenvalue weighted by Gasteiger charge is -2.33. The molecule has 1 unspecified atom stereocenters. The molecule has 3 saturated heterocycles. The number of hydrogen-bond acceptors (Lipinski definition) is 13. The Morgan fingerprint density at radius 2 is 1.73 bits per heavy atom. The van der Waals surface area contributed by atoms with E-state index in [4.69, 9.17) is 15.5 Å². The molecule has 3 atom stereocenters. The number of sulfone groups is 1. The Kier molecular flexibility index (Phi) is 10.3. The number of nitrogens with two attached hydrogens (primary N) is 1. The molecule has 18 heteroatoms. The lowest BCUT2D eigenvalue weighted by molar-refractivity contribution is -0.136. The number of anilines is 2. The summed E-state index contributed by atoms with van der Waals surface area (Å²) in [6.07, 6.45) is 4.60. The van der Waals surface area contributed by atoms with Crippen molar-refractivity contribution in [3.63, 3.8) is 0 Å². The summed E-state index contributed by atoms with van der Waals surface area (Å²) in [5.41, 5.74) is 7.84. The molecule has 55 heavy (non-hydrogen) atoms. The van der Waals surface area contributed by atoms with E-state index in [0.29, 0.717) is 37.7 Å². The summed E-state index contributed by atoms with van der Waals surface area (Å²) in [7, 11) is -3.37. The highest BCUT2D eigenvalue weighted by atomic mass is 32.2. The number of carbonyl (C=O) groups excluding carboxylic acids is 6. The number of benzene rings is 2. The third-order valence-corrected chi connectivity index (χ3v) is 11.5. The number of ether oxygens (including phenoxy) is 1. The van der Waals surface area contributed by atoms with E-state index >= 15 is 0 Å². The summed E-state index contributed by atoms with van der Waals surface area (Å²) in [6.45, 7) is 2.47. The summed E-state index contributed by atoms with van der Waals surface area (Å²) in [6, 6.07) is 10.0. The Labute approximate surface area is 316 Å². The number of piperidine rings is 2. The first-order valence-electron chi connectivity index (χ1n) is 18.0. The molecule has 3 aromatic rings. The fourth-order valence-electron chi connectivity index (χ4n) is 7.51. The number of alkyl carbamates (subject to hydrolysis) is 1. The highest BCUT2D eigenvalue weighted by Gasteiger charge is 2.45. The predicted molar refractivity (Wildman–Crippen MR) is 196 cm³/mol. The number of hydrogen-bond donors (Lipinski definition) is 3. The Hall–Kier alpha value is -5.91. The van der Waals surface area contributed by atoms with Crippen LogP contribution in [0.4, 0.5) is 16.3 Å². The molecule has 0 aliphatic carbocycles. The Morgan fingerprint density at radius 3 is 2.45 bits per heavy atom. The van der Waals surface area contributed by atoms with Crippen LogP contribution in [-0.2, 0) is 30.6 Å². The average Bonchev–Trinajstić information content (AvgIpc) is 3.72. The fourth-order valence-corrected chi connectivity index (χ4v) is 8.14. The van der Waals surface area contributed by atoms with Gasteiger partial charge in [-0.2, -0.15) is 0 Å². The molecule has 288 valence electrons. The van der Waals surface area contributed by atoms with Gasteiger partial charge in [0, 0.05) is 62.9 Å². The lowest BCUT2D eigenvalue weighted by Crippen LogP contribution is -2.54. The predicted octanol–water partition coefficient (Wildman–Crippen LogP) is 1.19. The Balaban J connectivity index is 0.918. The lowest BCUT2D eigenvalue weighted by atomic mass is 10.0. The zero-order valence-corrected chi connectivity index (χ0v) is 30.8. The van der Waals surface area contributed by atoms with Gasteiger partial charge >= 0.3 is 6.09 Å². The number of nitrogens with zero attached hydrogens (tertiary/aromatic N) is 5. The molecule has 4 aliphatic heterocycles. The van der Waals surface area contributed by atoms with Crippen LogP contribution in [-0.4, -0.2) is 110 Å². The third-order valence-electron chi connectivity index (χ3n) is 10.4. The molecule has 2 aromatic carbocycles. The summed E-state index contributed by atoms with van der Waals surface area (Å²) in [5.74, 6) is -2.41. The highest BCUT2D eigenvalue weighted by molar-refractivity contribution is 7.90. The van der Waals surface area contributed by atoms with Crippen molar-refractivity contribution in [3.05, 3.63) is 76.7 Å². The maximum atomic E-state index is 13.3. The molecule has 0 spiro atoms. The summed E-state index contributed by atoms with van der Waals surface area (Å²) >= 11 is 0. The van der Waals surface area contributed by atoms with Gasteiger partial charge in [0.25, 0.3) is 17.7 Å². The minimum atomic E-state index is -3.37. The second-order valence-electron chi connectivity index (χ2n) is 14.3. The minimum absolute atomic E-state index is 0.0212. The van der Waals surface area contributed by atoms with Crippen LogP contribution in [0.5, 0.6) is 0 Å². The topological polar surface area (TPSA) is 231 Å². The number of nitrogens with one attached hydrogen (secondary N) is 2. The van der Waals surface area contributed by atoms with Gasteiger partial charge < -0.3 is 25.6 Å². The zero-order valence-electron chi connectivity index (χ0n) is 30.0. The van der Waals surface area contributed by atoms with Gasteiger partial charge in [-0.15, -0.1) is 0 Å². The van der Waals surface area contributed by atoms with E-state index in [0.717, 1.165) is 41.7 Å². The summed E-state index contributed by atoms with van der Waals surface area (Å²) in [4.78, 5) is 89.6. The highest BCUT2D eigenvalue weighted by Crippen LogP contribution is 2.33. The summed E-state index contributed by atoms with van der Waals surface area (Å²) in [5, 5.41) is 5.15. The second kappa shape index (κ2) is 15.1. The van der Waals surface area contributed by atoms with Crippen LogP contribution < -0.4 is 26.2 Å². The van der Waals surface area contributed by atoms with Crippen LogP contribution in [0.25, 0.3) is 0 Å². The van der Waals surface area contributed by atoms with Crippen LogP contribution in [0.15, 0.2) is 53.6 Å². The van der Waals surface area contributed by atoms with E-state index in [2.05, 4.69) is 20.5 Å². The van der Waals surface area contributed by atoms with Crippen molar-refractivity contribution in [2.75, 3.05) is 48.8 Å². The molecule has 3 fully saturated rings.